The zero-order chi connectivity index (χ0) is 18.4. The molecule has 8 heteroatoms. The number of benzene rings is 1. The maximum atomic E-state index is 6.18. The molecular weight excluding hydrogens is 493 g/mol. The molecule has 1 aliphatic rings. The van der Waals surface area contributed by atoms with Crippen molar-refractivity contribution in [3.63, 3.8) is 0 Å². The Morgan fingerprint density at radius 3 is 2.52 bits per heavy atom. The molecule has 0 spiro atoms. The number of piperazine rings is 1. The number of anilines is 1. The molecule has 5 nitrogen and oxygen atoms in total. The number of nitrogens with two attached hydrogens (primary N) is 1. The molecule has 0 radical (unpaired) electrons. The van der Waals surface area contributed by atoms with Crippen molar-refractivity contribution < 1.29 is 0 Å². The molecule has 2 aromatic rings. The minimum atomic E-state index is 0. The van der Waals surface area contributed by atoms with Crippen LogP contribution in [-0.4, -0.2) is 48.6 Å². The first kappa shape index (κ1) is 22.2. The summed E-state index contributed by atoms with van der Waals surface area (Å²) in [5, 5.41) is 4.10. The van der Waals surface area contributed by atoms with Crippen molar-refractivity contribution in [3.8, 4) is 0 Å². The van der Waals surface area contributed by atoms with Crippen molar-refractivity contribution >= 4 is 58.6 Å². The summed E-state index contributed by atoms with van der Waals surface area (Å²) in [6.07, 6.45) is 3.19. The van der Waals surface area contributed by atoms with Crippen LogP contribution in [0.2, 0.25) is 5.02 Å². The normalized spacial score (nSPS) is 15.0. The zero-order valence-corrected chi connectivity index (χ0v) is 19.5. The van der Waals surface area contributed by atoms with Gasteiger partial charge in [-0.1, -0.05) is 11.6 Å². The number of hydrogen-bond donors (Lipinski definition) is 1. The first-order valence-electron chi connectivity index (χ1n) is 9.08. The van der Waals surface area contributed by atoms with Crippen LogP contribution in [0.3, 0.4) is 0 Å². The van der Waals surface area contributed by atoms with Gasteiger partial charge >= 0.3 is 0 Å². The highest BCUT2D eigenvalue weighted by Crippen LogP contribution is 2.19. The molecule has 1 aromatic carbocycles. The van der Waals surface area contributed by atoms with Gasteiger partial charge in [-0.15, -0.1) is 35.3 Å². The average Bonchev–Trinajstić information content (AvgIpc) is 3.07. The summed E-state index contributed by atoms with van der Waals surface area (Å²) in [4.78, 5) is 13.6. The summed E-state index contributed by atoms with van der Waals surface area (Å²) in [6, 6.07) is 8.01. The van der Waals surface area contributed by atoms with Crippen LogP contribution >= 0.6 is 46.9 Å². The van der Waals surface area contributed by atoms with Gasteiger partial charge in [0.2, 0.25) is 0 Å². The van der Waals surface area contributed by atoms with E-state index in [2.05, 4.69) is 37.3 Å². The van der Waals surface area contributed by atoms with Crippen molar-refractivity contribution in [2.24, 2.45) is 10.7 Å². The monoisotopic (exact) mass is 519 g/mol. The van der Waals surface area contributed by atoms with Gasteiger partial charge in [-0.2, -0.15) is 0 Å². The van der Waals surface area contributed by atoms with E-state index in [1.165, 1.54) is 10.7 Å². The third-order valence-corrected chi connectivity index (χ3v) is 5.81. The highest BCUT2D eigenvalue weighted by Gasteiger charge is 2.18. The van der Waals surface area contributed by atoms with Gasteiger partial charge in [0.1, 0.15) is 0 Å². The van der Waals surface area contributed by atoms with E-state index in [0.29, 0.717) is 5.96 Å². The van der Waals surface area contributed by atoms with Crippen LogP contribution in [-0.2, 0) is 6.42 Å². The highest BCUT2D eigenvalue weighted by atomic mass is 127. The Bertz CT molecular complexity index is 726. The quantitative estimate of drug-likeness (QED) is 0.269. The molecular formula is C19H27ClIN5S. The fourth-order valence-electron chi connectivity index (χ4n) is 3.04. The van der Waals surface area contributed by atoms with Crippen LogP contribution in [0.25, 0.3) is 0 Å². The third kappa shape index (κ3) is 6.80. The number of aromatic nitrogens is 1. The zero-order valence-electron chi connectivity index (χ0n) is 15.6. The lowest BCUT2D eigenvalue weighted by atomic mass is 10.2. The second kappa shape index (κ2) is 11.1. The number of thiazole rings is 1. The van der Waals surface area contributed by atoms with E-state index in [-0.39, 0.29) is 24.0 Å². The van der Waals surface area contributed by atoms with Gasteiger partial charge in [-0.3, -0.25) is 4.99 Å². The van der Waals surface area contributed by atoms with E-state index in [4.69, 9.17) is 17.3 Å². The first-order valence-corrected chi connectivity index (χ1v) is 10.3. The molecule has 0 unspecified atom stereocenters. The highest BCUT2D eigenvalue weighted by molar-refractivity contribution is 14.0. The molecule has 2 heterocycles. The van der Waals surface area contributed by atoms with Gasteiger partial charge in [-0.25, -0.2) is 4.98 Å². The molecule has 1 aliphatic heterocycles. The van der Waals surface area contributed by atoms with Crippen LogP contribution in [0.5, 0.6) is 0 Å². The molecule has 148 valence electrons. The van der Waals surface area contributed by atoms with E-state index >= 15 is 0 Å². The van der Waals surface area contributed by atoms with Crippen LogP contribution < -0.4 is 10.6 Å². The molecule has 0 atom stereocenters. The third-order valence-electron chi connectivity index (χ3n) is 4.53. The molecule has 0 bridgehead atoms. The van der Waals surface area contributed by atoms with Crippen molar-refractivity contribution in [1.82, 2.24) is 9.88 Å². The molecule has 3 rings (SSSR count). The van der Waals surface area contributed by atoms with E-state index in [0.717, 1.165) is 62.7 Å². The van der Waals surface area contributed by atoms with Crippen LogP contribution in [0.15, 0.2) is 34.6 Å². The van der Waals surface area contributed by atoms with E-state index in [9.17, 15) is 0 Å². The molecule has 0 amide bonds. The van der Waals surface area contributed by atoms with Crippen LogP contribution in [0.4, 0.5) is 5.69 Å². The summed E-state index contributed by atoms with van der Waals surface area (Å²) in [5.41, 5.74) is 8.50. The predicted molar refractivity (Wildman–Crippen MR) is 127 cm³/mol. The molecule has 1 saturated heterocycles. The SMILES string of the molecule is Cc1csc(CCCCN=C(N)N2CCN(c3ccc(Cl)cc3)CC2)n1.I. The van der Waals surface area contributed by atoms with Gasteiger partial charge < -0.3 is 15.5 Å². The Morgan fingerprint density at radius 1 is 1.19 bits per heavy atom. The molecule has 1 fully saturated rings. The van der Waals surface area contributed by atoms with Gasteiger partial charge in [0.25, 0.3) is 0 Å². The van der Waals surface area contributed by atoms with Gasteiger partial charge in [-0.05, 0) is 50.5 Å². The number of unbranched alkanes of at least 4 members (excludes halogenated alkanes) is 1. The number of halogens is 2. The summed E-state index contributed by atoms with van der Waals surface area (Å²) in [5.74, 6) is 0.672. The van der Waals surface area contributed by atoms with Gasteiger partial charge in [0.05, 0.1) is 5.01 Å². The summed E-state index contributed by atoms with van der Waals surface area (Å²) in [6.45, 7) is 6.51. The number of guanidine groups is 1. The number of aryl methyl sites for hydroxylation is 2. The lowest BCUT2D eigenvalue weighted by molar-refractivity contribution is 0.380. The van der Waals surface area contributed by atoms with E-state index < -0.39 is 0 Å². The molecule has 0 aliphatic carbocycles. The van der Waals surface area contributed by atoms with Crippen molar-refractivity contribution in [1.29, 1.82) is 0 Å². The summed E-state index contributed by atoms with van der Waals surface area (Å²) in [7, 11) is 0. The van der Waals surface area contributed by atoms with Crippen LogP contribution in [0.1, 0.15) is 23.5 Å². The smallest absolute Gasteiger partial charge is 0.191 e. The fraction of sp³-hybridized carbons (Fsp3) is 0.474. The minimum absolute atomic E-state index is 0. The second-order valence-corrected chi connectivity index (χ2v) is 7.91. The van der Waals surface area contributed by atoms with Crippen LogP contribution in [0, 0.1) is 6.92 Å². The Balaban J connectivity index is 0.00000261. The second-order valence-electron chi connectivity index (χ2n) is 6.53. The lowest BCUT2D eigenvalue weighted by Crippen LogP contribution is -2.51. The van der Waals surface area contributed by atoms with E-state index in [1.54, 1.807) is 11.3 Å². The standard InChI is InChI=1S/C19H26ClN5S.HI/c1-15-14-26-18(23-15)4-2-3-9-22-19(21)25-12-10-24(11-13-25)17-7-5-16(20)6-8-17;/h5-8,14H,2-4,9-13H2,1H3,(H2,21,22);1H. The topological polar surface area (TPSA) is 57.8 Å². The lowest BCUT2D eigenvalue weighted by Gasteiger charge is -2.36. The Hall–Kier alpha value is -1.06. The number of aliphatic imine (C=N–C) groups is 1. The maximum absolute atomic E-state index is 6.18. The number of nitrogens with zero attached hydrogens (tertiary/aromatic N) is 4. The van der Waals surface area contributed by atoms with Crippen molar-refractivity contribution in [2.75, 3.05) is 37.6 Å². The summed E-state index contributed by atoms with van der Waals surface area (Å²) >= 11 is 7.70. The molecule has 27 heavy (non-hydrogen) atoms. The Labute approximate surface area is 187 Å². The van der Waals surface area contributed by atoms with Crippen molar-refractivity contribution in [3.05, 3.63) is 45.4 Å². The Morgan fingerprint density at radius 2 is 1.89 bits per heavy atom. The number of hydrogen-bond acceptors (Lipinski definition) is 4. The Kier molecular flexibility index (Phi) is 9.11. The predicted octanol–water partition coefficient (Wildman–Crippen LogP) is 4.18. The molecule has 1 aromatic heterocycles. The fourth-order valence-corrected chi connectivity index (χ4v) is 3.99. The van der Waals surface area contributed by atoms with Crippen molar-refractivity contribution in [2.45, 2.75) is 26.2 Å². The maximum Gasteiger partial charge on any atom is 0.191 e. The largest absolute Gasteiger partial charge is 0.370 e. The minimum Gasteiger partial charge on any atom is -0.370 e. The molecule has 0 saturated carbocycles. The van der Waals surface area contributed by atoms with Gasteiger partial charge in [0.15, 0.2) is 5.96 Å². The average molecular weight is 520 g/mol. The number of rotatable bonds is 6. The van der Waals surface area contributed by atoms with Gasteiger partial charge in [0, 0.05) is 54.5 Å². The first-order chi connectivity index (χ1) is 12.6. The van der Waals surface area contributed by atoms with E-state index in [1.807, 2.05) is 19.1 Å². The summed E-state index contributed by atoms with van der Waals surface area (Å²) < 4.78 is 0. The molecule has 2 N–H and O–H groups in total.